The molecule has 0 radical (unpaired) electrons. The van der Waals surface area contributed by atoms with Gasteiger partial charge in [-0.15, -0.1) is 0 Å². The summed E-state index contributed by atoms with van der Waals surface area (Å²) in [6.45, 7) is 1.97. The second-order valence-corrected chi connectivity index (χ2v) is 4.72. The van der Waals surface area contributed by atoms with Gasteiger partial charge in [-0.2, -0.15) is 0 Å². The number of aryl methyl sites for hydroxylation is 1. The number of nitrogens with zero attached hydrogens (tertiary/aromatic N) is 1. The van der Waals surface area contributed by atoms with E-state index in [1.54, 1.807) is 0 Å². The van der Waals surface area contributed by atoms with Crippen molar-refractivity contribution in [2.75, 3.05) is 5.32 Å². The Labute approximate surface area is 111 Å². The zero-order chi connectivity index (χ0) is 12.4. The van der Waals surface area contributed by atoms with Crippen molar-refractivity contribution >= 4 is 39.0 Å². The maximum Gasteiger partial charge on any atom is 0.271 e. The van der Waals surface area contributed by atoms with Crippen molar-refractivity contribution in [3.8, 4) is 0 Å². The van der Waals surface area contributed by atoms with Crippen molar-refractivity contribution in [2.45, 2.75) is 6.92 Å². The standard InChI is InChI=1S/C11H9BrClN3O/c1-6-4-7(2-3-8(6)12)16-10-9(13)11(17)15-5-14-10/h2-5H,1H3,(H2,14,15,16,17). The summed E-state index contributed by atoms with van der Waals surface area (Å²) in [5.74, 6) is 0.345. The molecule has 17 heavy (non-hydrogen) atoms. The lowest BCUT2D eigenvalue weighted by Crippen LogP contribution is -2.09. The molecule has 1 heterocycles. The normalized spacial score (nSPS) is 10.3. The highest BCUT2D eigenvalue weighted by atomic mass is 79.9. The summed E-state index contributed by atoms with van der Waals surface area (Å²) >= 11 is 9.25. The predicted molar refractivity (Wildman–Crippen MR) is 72.0 cm³/mol. The average Bonchev–Trinajstić information content (AvgIpc) is 2.30. The van der Waals surface area contributed by atoms with Crippen molar-refractivity contribution in [1.82, 2.24) is 9.97 Å². The van der Waals surface area contributed by atoms with Crippen molar-refractivity contribution < 1.29 is 0 Å². The molecule has 0 aliphatic heterocycles. The molecule has 2 rings (SSSR count). The highest BCUT2D eigenvalue weighted by Crippen LogP contribution is 2.23. The Hall–Kier alpha value is -1.33. The van der Waals surface area contributed by atoms with E-state index in [2.05, 4.69) is 31.2 Å². The molecule has 0 bridgehead atoms. The molecule has 0 amide bonds. The number of rotatable bonds is 2. The molecule has 0 unspecified atom stereocenters. The van der Waals surface area contributed by atoms with Crippen LogP contribution in [0.2, 0.25) is 5.02 Å². The third-order valence-electron chi connectivity index (χ3n) is 2.22. The van der Waals surface area contributed by atoms with Crippen LogP contribution in [0.25, 0.3) is 0 Å². The van der Waals surface area contributed by atoms with Gasteiger partial charge in [-0.05, 0) is 30.7 Å². The van der Waals surface area contributed by atoms with Crippen LogP contribution in [0.5, 0.6) is 0 Å². The van der Waals surface area contributed by atoms with E-state index in [9.17, 15) is 4.79 Å². The van der Waals surface area contributed by atoms with Crippen molar-refractivity contribution in [3.63, 3.8) is 0 Å². The van der Waals surface area contributed by atoms with Gasteiger partial charge in [0, 0.05) is 10.2 Å². The van der Waals surface area contributed by atoms with Gasteiger partial charge >= 0.3 is 0 Å². The van der Waals surface area contributed by atoms with Gasteiger partial charge in [-0.3, -0.25) is 4.79 Å². The summed E-state index contributed by atoms with van der Waals surface area (Å²) < 4.78 is 1.02. The summed E-state index contributed by atoms with van der Waals surface area (Å²) in [5, 5.41) is 3.05. The number of anilines is 2. The van der Waals surface area contributed by atoms with Crippen LogP contribution < -0.4 is 10.9 Å². The Morgan fingerprint density at radius 1 is 1.47 bits per heavy atom. The summed E-state index contributed by atoms with van der Waals surface area (Å²) in [5.41, 5.74) is 1.54. The maximum absolute atomic E-state index is 11.3. The van der Waals surface area contributed by atoms with Gasteiger partial charge in [-0.25, -0.2) is 4.98 Å². The first-order chi connectivity index (χ1) is 8.08. The van der Waals surface area contributed by atoms with E-state index < -0.39 is 0 Å². The lowest BCUT2D eigenvalue weighted by Gasteiger charge is -2.07. The van der Waals surface area contributed by atoms with Crippen LogP contribution in [0.3, 0.4) is 0 Å². The first-order valence-corrected chi connectivity index (χ1v) is 6.01. The average molecular weight is 315 g/mol. The molecule has 0 aliphatic carbocycles. The topological polar surface area (TPSA) is 57.8 Å². The number of aromatic nitrogens is 2. The molecule has 2 N–H and O–H groups in total. The molecule has 2 aromatic rings. The Balaban J connectivity index is 2.35. The Bertz CT molecular complexity index is 612. The molecule has 1 aromatic carbocycles. The minimum Gasteiger partial charge on any atom is -0.339 e. The van der Waals surface area contributed by atoms with E-state index in [0.717, 1.165) is 15.7 Å². The number of hydrogen-bond acceptors (Lipinski definition) is 3. The first kappa shape index (κ1) is 12.1. The minimum atomic E-state index is -0.363. The van der Waals surface area contributed by atoms with Gasteiger partial charge in [0.2, 0.25) is 0 Å². The zero-order valence-corrected chi connectivity index (χ0v) is 11.3. The number of aromatic amines is 1. The molecule has 88 valence electrons. The molecule has 6 heteroatoms. The van der Waals surface area contributed by atoms with Gasteiger partial charge in [0.25, 0.3) is 5.56 Å². The molecule has 0 atom stereocenters. The van der Waals surface area contributed by atoms with Crippen LogP contribution >= 0.6 is 27.5 Å². The van der Waals surface area contributed by atoms with Gasteiger partial charge in [0.05, 0.1) is 6.33 Å². The van der Waals surface area contributed by atoms with Gasteiger partial charge in [0.1, 0.15) is 5.02 Å². The number of nitrogens with one attached hydrogen (secondary N) is 2. The highest BCUT2D eigenvalue weighted by molar-refractivity contribution is 9.10. The smallest absolute Gasteiger partial charge is 0.271 e. The van der Waals surface area contributed by atoms with E-state index in [-0.39, 0.29) is 10.6 Å². The number of benzene rings is 1. The van der Waals surface area contributed by atoms with Crippen molar-refractivity contribution in [1.29, 1.82) is 0 Å². The number of hydrogen-bond donors (Lipinski definition) is 2. The highest BCUT2D eigenvalue weighted by Gasteiger charge is 2.06. The monoisotopic (exact) mass is 313 g/mol. The molecule has 0 saturated carbocycles. The van der Waals surface area contributed by atoms with Crippen molar-refractivity contribution in [2.24, 2.45) is 0 Å². The van der Waals surface area contributed by atoms with Gasteiger partial charge in [0.15, 0.2) is 5.82 Å². The van der Waals surface area contributed by atoms with Crippen molar-refractivity contribution in [3.05, 3.63) is 49.9 Å². The Morgan fingerprint density at radius 3 is 2.94 bits per heavy atom. The molecule has 0 fully saturated rings. The number of halogens is 2. The fourth-order valence-corrected chi connectivity index (χ4v) is 1.73. The molecular formula is C11H9BrClN3O. The quantitative estimate of drug-likeness (QED) is 0.894. The van der Waals surface area contributed by atoms with Gasteiger partial charge < -0.3 is 10.3 Å². The minimum absolute atomic E-state index is 0.0491. The maximum atomic E-state index is 11.3. The van der Waals surface area contributed by atoms with Gasteiger partial charge in [-0.1, -0.05) is 27.5 Å². The van der Waals surface area contributed by atoms with E-state index in [1.807, 2.05) is 25.1 Å². The SMILES string of the molecule is Cc1cc(Nc2nc[nH]c(=O)c2Cl)ccc1Br. The van der Waals surface area contributed by atoms with Crippen LogP contribution in [0.4, 0.5) is 11.5 Å². The van der Waals surface area contributed by atoms with Crippen LogP contribution in [0.15, 0.2) is 33.8 Å². The molecule has 0 saturated heterocycles. The lowest BCUT2D eigenvalue weighted by molar-refractivity contribution is 1.12. The van der Waals surface area contributed by atoms with Crippen LogP contribution in [-0.2, 0) is 0 Å². The Kier molecular flexibility index (Phi) is 3.49. The molecule has 0 aliphatic rings. The predicted octanol–water partition coefficient (Wildman–Crippen LogP) is 3.24. The third kappa shape index (κ3) is 2.68. The second kappa shape index (κ2) is 4.89. The van der Waals surface area contributed by atoms with E-state index in [1.165, 1.54) is 6.33 Å². The molecule has 1 aromatic heterocycles. The fraction of sp³-hybridized carbons (Fsp3) is 0.0909. The first-order valence-electron chi connectivity index (χ1n) is 4.84. The van der Waals surface area contributed by atoms with E-state index in [4.69, 9.17) is 11.6 Å². The Morgan fingerprint density at radius 2 is 2.24 bits per heavy atom. The van der Waals surface area contributed by atoms with Crippen LogP contribution in [0.1, 0.15) is 5.56 Å². The summed E-state index contributed by atoms with van der Waals surface area (Å²) in [6.07, 6.45) is 1.31. The molecular weight excluding hydrogens is 305 g/mol. The fourth-order valence-electron chi connectivity index (χ4n) is 1.33. The second-order valence-electron chi connectivity index (χ2n) is 3.48. The van der Waals surface area contributed by atoms with Crippen LogP contribution in [0, 0.1) is 6.92 Å². The number of H-pyrrole nitrogens is 1. The molecule has 0 spiro atoms. The summed E-state index contributed by atoms with van der Waals surface area (Å²) in [4.78, 5) is 17.7. The van der Waals surface area contributed by atoms with E-state index >= 15 is 0 Å². The lowest BCUT2D eigenvalue weighted by atomic mass is 10.2. The largest absolute Gasteiger partial charge is 0.339 e. The summed E-state index contributed by atoms with van der Waals surface area (Å²) in [6, 6.07) is 5.72. The summed E-state index contributed by atoms with van der Waals surface area (Å²) in [7, 11) is 0. The van der Waals surface area contributed by atoms with Crippen LogP contribution in [-0.4, -0.2) is 9.97 Å². The molecule has 4 nitrogen and oxygen atoms in total. The third-order valence-corrected chi connectivity index (χ3v) is 3.46. The van der Waals surface area contributed by atoms with E-state index in [0.29, 0.717) is 5.82 Å². The zero-order valence-electron chi connectivity index (χ0n) is 8.92.